The summed E-state index contributed by atoms with van der Waals surface area (Å²) >= 11 is 0. The van der Waals surface area contributed by atoms with E-state index in [9.17, 15) is 9.90 Å². The summed E-state index contributed by atoms with van der Waals surface area (Å²) in [4.78, 5) is 12.9. The highest BCUT2D eigenvalue weighted by Crippen LogP contribution is 2.36. The van der Waals surface area contributed by atoms with Gasteiger partial charge in [-0.2, -0.15) is 5.10 Å². The molecule has 0 atom stereocenters. The number of carbonyl (C=O) groups excluding carboxylic acids is 1. The molecule has 2 aromatic rings. The normalized spacial score (nSPS) is 15.2. The average molecular weight is 384 g/mol. The lowest BCUT2D eigenvalue weighted by molar-refractivity contribution is 0.0753. The summed E-state index contributed by atoms with van der Waals surface area (Å²) in [5, 5.41) is 16.0. The van der Waals surface area contributed by atoms with Crippen LogP contribution in [-0.4, -0.2) is 49.6 Å². The van der Waals surface area contributed by atoms with Gasteiger partial charge in [0.2, 0.25) is 0 Å². The molecule has 1 N–H and O–H groups in total. The van der Waals surface area contributed by atoms with E-state index in [4.69, 9.17) is 14.2 Å². The first kappa shape index (κ1) is 19.5. The number of methoxy groups -OCH3 is 3. The minimum atomic E-state index is -0.357. The average Bonchev–Trinajstić information content (AvgIpc) is 3.01. The first-order valence-electron chi connectivity index (χ1n) is 8.81. The largest absolute Gasteiger partial charge is 0.504 e. The number of phenolic OH excluding ortho intramolecular Hbond substituents is 1. The predicted octanol–water partition coefficient (Wildman–Crippen LogP) is 3.30. The van der Waals surface area contributed by atoms with Crippen molar-refractivity contribution < 1.29 is 24.1 Å². The van der Waals surface area contributed by atoms with Crippen LogP contribution >= 0.6 is 0 Å². The van der Waals surface area contributed by atoms with Crippen LogP contribution in [0.15, 0.2) is 41.5 Å². The van der Waals surface area contributed by atoms with Crippen LogP contribution in [0.1, 0.15) is 29.8 Å². The standard InChI is InChI=1S/C21H24N2O5/c1-21(2)12-23(20(25)14-7-8-16(26-3)15(24)10-14)22-19(21)13-6-9-17(27-4)18(11-13)28-5/h6-11,24H,12H2,1-5H3. The van der Waals surface area contributed by atoms with E-state index in [2.05, 4.69) is 5.10 Å². The van der Waals surface area contributed by atoms with Gasteiger partial charge in [0.15, 0.2) is 23.0 Å². The topological polar surface area (TPSA) is 80.6 Å². The van der Waals surface area contributed by atoms with Crippen LogP contribution in [0.5, 0.6) is 23.0 Å². The summed E-state index contributed by atoms with van der Waals surface area (Å²) in [6, 6.07) is 10.1. The molecule has 0 unspecified atom stereocenters. The fourth-order valence-electron chi connectivity index (χ4n) is 3.26. The molecule has 0 spiro atoms. The summed E-state index contributed by atoms with van der Waals surface area (Å²) < 4.78 is 15.7. The van der Waals surface area contributed by atoms with Crippen LogP contribution in [0.2, 0.25) is 0 Å². The Hall–Kier alpha value is -3.22. The van der Waals surface area contributed by atoms with Gasteiger partial charge in [-0.3, -0.25) is 4.79 Å². The second-order valence-electron chi connectivity index (χ2n) is 7.15. The summed E-state index contributed by atoms with van der Waals surface area (Å²) in [6.45, 7) is 4.48. The Balaban J connectivity index is 1.94. The van der Waals surface area contributed by atoms with Gasteiger partial charge in [0.25, 0.3) is 5.91 Å². The lowest BCUT2D eigenvalue weighted by atomic mass is 9.84. The van der Waals surface area contributed by atoms with Gasteiger partial charge >= 0.3 is 0 Å². The molecule has 0 saturated carbocycles. The fourth-order valence-corrected chi connectivity index (χ4v) is 3.26. The second-order valence-corrected chi connectivity index (χ2v) is 7.15. The minimum absolute atomic E-state index is 0.0871. The van der Waals surface area contributed by atoms with Gasteiger partial charge in [-0.25, -0.2) is 5.01 Å². The minimum Gasteiger partial charge on any atom is -0.504 e. The van der Waals surface area contributed by atoms with Gasteiger partial charge in [0.05, 0.1) is 33.6 Å². The van der Waals surface area contributed by atoms with Crippen molar-refractivity contribution in [1.29, 1.82) is 0 Å². The Morgan fingerprint density at radius 1 is 1.00 bits per heavy atom. The van der Waals surface area contributed by atoms with Crippen molar-refractivity contribution in [3.05, 3.63) is 47.5 Å². The maximum Gasteiger partial charge on any atom is 0.274 e. The lowest BCUT2D eigenvalue weighted by Gasteiger charge is -2.21. The molecule has 0 saturated heterocycles. The number of benzene rings is 2. The van der Waals surface area contributed by atoms with E-state index < -0.39 is 0 Å². The van der Waals surface area contributed by atoms with E-state index in [1.807, 2.05) is 32.0 Å². The van der Waals surface area contributed by atoms with Crippen molar-refractivity contribution in [3.63, 3.8) is 0 Å². The van der Waals surface area contributed by atoms with E-state index in [0.29, 0.717) is 29.4 Å². The molecule has 0 radical (unpaired) electrons. The molecule has 1 aliphatic rings. The third-order valence-electron chi connectivity index (χ3n) is 4.72. The number of hydrazone groups is 1. The zero-order valence-corrected chi connectivity index (χ0v) is 16.6. The molecule has 0 aromatic heterocycles. The molecule has 1 heterocycles. The molecule has 1 amide bonds. The monoisotopic (exact) mass is 384 g/mol. The van der Waals surface area contributed by atoms with Gasteiger partial charge in [-0.1, -0.05) is 13.8 Å². The molecule has 0 aliphatic carbocycles. The van der Waals surface area contributed by atoms with Crippen molar-refractivity contribution in [3.8, 4) is 23.0 Å². The zero-order chi connectivity index (χ0) is 20.5. The van der Waals surface area contributed by atoms with Crippen molar-refractivity contribution >= 4 is 11.6 Å². The van der Waals surface area contributed by atoms with Crippen molar-refractivity contribution in [1.82, 2.24) is 5.01 Å². The smallest absolute Gasteiger partial charge is 0.274 e. The van der Waals surface area contributed by atoms with Crippen LogP contribution in [0.25, 0.3) is 0 Å². The Morgan fingerprint density at radius 2 is 1.64 bits per heavy atom. The van der Waals surface area contributed by atoms with Crippen LogP contribution in [0, 0.1) is 5.41 Å². The van der Waals surface area contributed by atoms with Gasteiger partial charge in [-0.05, 0) is 36.4 Å². The van der Waals surface area contributed by atoms with Crippen LogP contribution in [0.3, 0.4) is 0 Å². The summed E-state index contributed by atoms with van der Waals surface area (Å²) in [7, 11) is 4.62. The number of carbonyl (C=O) groups is 1. The number of amides is 1. The van der Waals surface area contributed by atoms with Crippen molar-refractivity contribution in [2.24, 2.45) is 10.5 Å². The molecule has 28 heavy (non-hydrogen) atoms. The predicted molar refractivity (Wildman–Crippen MR) is 106 cm³/mol. The molecular formula is C21H24N2O5. The van der Waals surface area contributed by atoms with Crippen LogP contribution < -0.4 is 14.2 Å². The number of phenols is 1. The quantitative estimate of drug-likeness (QED) is 0.855. The lowest BCUT2D eigenvalue weighted by Crippen LogP contribution is -2.31. The SMILES string of the molecule is COc1ccc(C(=O)N2CC(C)(C)C(c3ccc(OC)c(OC)c3)=N2)cc1O. The number of aromatic hydroxyl groups is 1. The van der Waals surface area contributed by atoms with E-state index in [-0.39, 0.29) is 17.1 Å². The van der Waals surface area contributed by atoms with Gasteiger partial charge in [0, 0.05) is 16.5 Å². The number of rotatable bonds is 5. The molecule has 7 nitrogen and oxygen atoms in total. The maximum atomic E-state index is 12.9. The summed E-state index contributed by atoms with van der Waals surface area (Å²) in [5.74, 6) is 1.16. The van der Waals surface area contributed by atoms with E-state index in [1.165, 1.54) is 18.2 Å². The Bertz CT molecular complexity index is 936. The maximum absolute atomic E-state index is 12.9. The van der Waals surface area contributed by atoms with Gasteiger partial charge in [-0.15, -0.1) is 0 Å². The first-order chi connectivity index (χ1) is 13.3. The molecule has 148 valence electrons. The molecule has 1 aliphatic heterocycles. The highest BCUT2D eigenvalue weighted by molar-refractivity contribution is 6.08. The zero-order valence-electron chi connectivity index (χ0n) is 16.6. The Morgan fingerprint density at radius 3 is 2.25 bits per heavy atom. The number of nitrogens with zero attached hydrogens (tertiary/aromatic N) is 2. The van der Waals surface area contributed by atoms with Gasteiger partial charge < -0.3 is 19.3 Å². The first-order valence-corrected chi connectivity index (χ1v) is 8.81. The van der Waals surface area contributed by atoms with Crippen LogP contribution in [-0.2, 0) is 0 Å². The fraction of sp³-hybridized carbons (Fsp3) is 0.333. The molecule has 0 fully saturated rings. The van der Waals surface area contributed by atoms with Crippen molar-refractivity contribution in [2.75, 3.05) is 27.9 Å². The van der Waals surface area contributed by atoms with Crippen LogP contribution in [0.4, 0.5) is 0 Å². The summed E-state index contributed by atoms with van der Waals surface area (Å²) in [5.41, 5.74) is 1.62. The third-order valence-corrected chi connectivity index (χ3v) is 4.72. The highest BCUT2D eigenvalue weighted by atomic mass is 16.5. The number of hydrogen-bond acceptors (Lipinski definition) is 6. The second kappa shape index (κ2) is 7.42. The molecule has 3 rings (SSSR count). The Kier molecular flexibility index (Phi) is 5.18. The molecule has 7 heteroatoms. The molecule has 0 bridgehead atoms. The van der Waals surface area contributed by atoms with E-state index in [0.717, 1.165) is 11.3 Å². The Labute approximate surface area is 164 Å². The molecular weight excluding hydrogens is 360 g/mol. The van der Waals surface area contributed by atoms with Crippen molar-refractivity contribution in [2.45, 2.75) is 13.8 Å². The van der Waals surface area contributed by atoms with E-state index in [1.54, 1.807) is 26.4 Å². The van der Waals surface area contributed by atoms with Gasteiger partial charge in [0.1, 0.15) is 0 Å². The highest BCUT2D eigenvalue weighted by Gasteiger charge is 2.38. The number of hydrogen-bond donors (Lipinski definition) is 1. The molecule has 2 aromatic carbocycles. The van der Waals surface area contributed by atoms with E-state index >= 15 is 0 Å². The third kappa shape index (κ3) is 3.47. The number of ether oxygens (including phenoxy) is 3. The summed E-state index contributed by atoms with van der Waals surface area (Å²) in [6.07, 6.45) is 0.